The number of benzene rings is 3. The molecule has 0 bridgehead atoms. The van der Waals surface area contributed by atoms with Crippen LogP contribution in [0.15, 0.2) is 83.9 Å². The molecule has 4 rings (SSSR count). The van der Waals surface area contributed by atoms with Crippen molar-refractivity contribution in [3.05, 3.63) is 100 Å². The van der Waals surface area contributed by atoms with E-state index in [0.717, 1.165) is 5.56 Å². The second-order valence-corrected chi connectivity index (χ2v) is 9.36. The van der Waals surface area contributed by atoms with E-state index in [0.29, 0.717) is 34.3 Å². The van der Waals surface area contributed by atoms with Crippen LogP contribution in [0.1, 0.15) is 22.8 Å². The smallest absolute Gasteiger partial charge is 0.270 e. The summed E-state index contributed by atoms with van der Waals surface area (Å²) in [5, 5.41) is 3.49. The number of anilines is 2. The molecule has 1 aliphatic rings. The van der Waals surface area contributed by atoms with Crippen LogP contribution in [-0.2, 0) is 16.6 Å². The Labute approximate surface area is 192 Å². The maximum atomic E-state index is 13.5. The number of ether oxygens (including phenoxy) is 1. The predicted molar refractivity (Wildman–Crippen MR) is 127 cm³/mol. The predicted octanol–water partition coefficient (Wildman–Crippen LogP) is 5.22. The van der Waals surface area contributed by atoms with Gasteiger partial charge in [0.05, 0.1) is 18.8 Å². The average Bonchev–Trinajstić information content (AvgIpc) is 2.79. The molecule has 0 atom stereocenters. The second kappa shape index (κ2) is 9.06. The van der Waals surface area contributed by atoms with Crippen LogP contribution in [0.3, 0.4) is 0 Å². The van der Waals surface area contributed by atoms with Crippen LogP contribution >= 0.6 is 11.6 Å². The minimum absolute atomic E-state index is 0.0736. The Morgan fingerprint density at radius 1 is 1.00 bits per heavy atom. The molecule has 0 aromatic heterocycles. The van der Waals surface area contributed by atoms with Crippen molar-refractivity contribution in [1.82, 2.24) is 0 Å². The van der Waals surface area contributed by atoms with Crippen molar-refractivity contribution in [3.8, 4) is 5.75 Å². The van der Waals surface area contributed by atoms with E-state index in [1.54, 1.807) is 72.8 Å². The number of nitrogens with zero attached hydrogens (tertiary/aromatic N) is 1. The summed E-state index contributed by atoms with van der Waals surface area (Å²) in [6, 6.07) is 20.7. The lowest BCUT2D eigenvalue weighted by Gasteiger charge is -2.31. The van der Waals surface area contributed by atoms with Gasteiger partial charge in [0.2, 0.25) is 5.78 Å². The zero-order valence-corrected chi connectivity index (χ0v) is 18.9. The van der Waals surface area contributed by atoms with E-state index in [1.807, 2.05) is 6.92 Å². The minimum atomic E-state index is -4.10. The Bertz CT molecular complexity index is 1270. The monoisotopic (exact) mass is 468 g/mol. The number of ketones is 1. The van der Waals surface area contributed by atoms with Crippen LogP contribution in [0.25, 0.3) is 0 Å². The van der Waals surface area contributed by atoms with Crippen LogP contribution in [0.2, 0.25) is 5.02 Å². The van der Waals surface area contributed by atoms with E-state index >= 15 is 0 Å². The summed E-state index contributed by atoms with van der Waals surface area (Å²) < 4.78 is 33.6. The van der Waals surface area contributed by atoms with Crippen molar-refractivity contribution < 1.29 is 17.9 Å². The topological polar surface area (TPSA) is 75.7 Å². The zero-order valence-electron chi connectivity index (χ0n) is 17.3. The minimum Gasteiger partial charge on any atom is -0.494 e. The molecule has 0 amide bonds. The van der Waals surface area contributed by atoms with Gasteiger partial charge in [0.1, 0.15) is 5.75 Å². The number of sulfonamides is 1. The van der Waals surface area contributed by atoms with Gasteiger partial charge >= 0.3 is 0 Å². The number of fused-ring (bicyclic) bond motifs is 1. The summed E-state index contributed by atoms with van der Waals surface area (Å²) in [6.07, 6.45) is 1.25. The molecule has 1 heterocycles. The SMILES string of the molecule is CCOc1ccc(N/C=C2\C(=O)c3ccccc3N(Cc3ccc(Cl)cc3)S2(=O)=O)cc1. The molecule has 0 aliphatic carbocycles. The number of hydrogen-bond donors (Lipinski definition) is 1. The molecule has 8 heteroatoms. The van der Waals surface area contributed by atoms with Crippen molar-refractivity contribution in [1.29, 1.82) is 0 Å². The first-order valence-electron chi connectivity index (χ1n) is 10.0. The molecule has 1 N–H and O–H groups in total. The standard InChI is InChI=1S/C24H21ClN2O4S/c1-2-31-20-13-11-19(12-14-20)26-15-23-24(28)21-5-3-4-6-22(21)27(32(23,29)30)16-17-7-9-18(25)10-8-17/h3-15,26H,2,16H2,1H3/b23-15+. The van der Waals surface area contributed by atoms with Crippen LogP contribution in [0, 0.1) is 0 Å². The summed E-state index contributed by atoms with van der Waals surface area (Å²) >= 11 is 5.96. The summed E-state index contributed by atoms with van der Waals surface area (Å²) in [6.45, 7) is 2.51. The van der Waals surface area contributed by atoms with E-state index in [-0.39, 0.29) is 11.4 Å². The first-order valence-corrected chi connectivity index (χ1v) is 11.8. The van der Waals surface area contributed by atoms with Crippen LogP contribution in [0.5, 0.6) is 5.75 Å². The third-order valence-corrected chi connectivity index (χ3v) is 7.00. The van der Waals surface area contributed by atoms with E-state index in [9.17, 15) is 13.2 Å². The number of rotatable bonds is 6. The second-order valence-electron chi connectivity index (χ2n) is 7.09. The fraction of sp³-hybridized carbons (Fsp3) is 0.125. The highest BCUT2D eigenvalue weighted by molar-refractivity contribution is 7.97. The molecule has 0 fully saturated rings. The maximum Gasteiger partial charge on any atom is 0.270 e. The number of nitrogens with one attached hydrogen (secondary N) is 1. The third-order valence-electron chi connectivity index (χ3n) is 4.98. The molecular formula is C24H21ClN2O4S. The lowest BCUT2D eigenvalue weighted by Crippen LogP contribution is -2.39. The number of carbonyl (C=O) groups excluding carboxylic acids is 1. The van der Waals surface area contributed by atoms with Gasteiger partial charge in [0.15, 0.2) is 4.91 Å². The number of Topliss-reactive ketones (excluding diaryl/α,β-unsaturated/α-hetero) is 1. The van der Waals surface area contributed by atoms with Gasteiger partial charge < -0.3 is 10.1 Å². The van der Waals surface area contributed by atoms with Gasteiger partial charge in [-0.25, -0.2) is 8.42 Å². The quantitative estimate of drug-likeness (QED) is 0.501. The Morgan fingerprint density at radius 2 is 1.69 bits per heavy atom. The number of allylic oxidation sites excluding steroid dienone is 1. The lowest BCUT2D eigenvalue weighted by molar-refractivity contribution is 0.104. The summed E-state index contributed by atoms with van der Waals surface area (Å²) in [5.41, 5.74) is 2.06. The highest BCUT2D eigenvalue weighted by atomic mass is 35.5. The normalized spacial score (nSPS) is 16.0. The maximum absolute atomic E-state index is 13.5. The molecule has 0 unspecified atom stereocenters. The average molecular weight is 469 g/mol. The summed E-state index contributed by atoms with van der Waals surface area (Å²) in [4.78, 5) is 12.8. The van der Waals surface area contributed by atoms with Crippen LogP contribution < -0.4 is 14.4 Å². The molecule has 0 saturated carbocycles. The molecule has 32 heavy (non-hydrogen) atoms. The number of halogens is 1. The first kappa shape index (κ1) is 21.9. The Kier molecular flexibility index (Phi) is 6.21. The first-order chi connectivity index (χ1) is 15.4. The highest BCUT2D eigenvalue weighted by Crippen LogP contribution is 2.36. The van der Waals surface area contributed by atoms with Crippen molar-refractivity contribution in [2.45, 2.75) is 13.5 Å². The molecule has 3 aromatic carbocycles. The zero-order chi connectivity index (χ0) is 22.7. The van der Waals surface area contributed by atoms with Crippen LogP contribution in [-0.4, -0.2) is 20.8 Å². The van der Waals surface area contributed by atoms with E-state index in [1.165, 1.54) is 10.5 Å². The van der Waals surface area contributed by atoms with Crippen LogP contribution in [0.4, 0.5) is 11.4 Å². The van der Waals surface area contributed by atoms with Gasteiger partial charge in [-0.2, -0.15) is 0 Å². The molecule has 0 saturated heterocycles. The van der Waals surface area contributed by atoms with Gasteiger partial charge in [-0.1, -0.05) is 35.9 Å². The Morgan fingerprint density at radius 3 is 2.38 bits per heavy atom. The van der Waals surface area contributed by atoms with E-state index < -0.39 is 15.8 Å². The van der Waals surface area contributed by atoms with Crippen molar-refractivity contribution in [2.75, 3.05) is 16.2 Å². The van der Waals surface area contributed by atoms with Crippen molar-refractivity contribution >= 4 is 38.8 Å². The van der Waals surface area contributed by atoms with E-state index in [4.69, 9.17) is 16.3 Å². The summed E-state index contributed by atoms with van der Waals surface area (Å²) in [5.74, 6) is 0.154. The van der Waals surface area contributed by atoms with Gasteiger partial charge in [-0.3, -0.25) is 9.10 Å². The van der Waals surface area contributed by atoms with Crippen molar-refractivity contribution in [3.63, 3.8) is 0 Å². The molecule has 6 nitrogen and oxygen atoms in total. The summed E-state index contributed by atoms with van der Waals surface area (Å²) in [7, 11) is -4.10. The van der Waals surface area contributed by atoms with Gasteiger partial charge in [-0.05, 0) is 61.0 Å². The number of hydrogen-bond acceptors (Lipinski definition) is 5. The molecule has 164 valence electrons. The highest BCUT2D eigenvalue weighted by Gasteiger charge is 2.40. The fourth-order valence-electron chi connectivity index (χ4n) is 3.41. The molecular weight excluding hydrogens is 448 g/mol. The number of para-hydroxylation sites is 1. The lowest BCUT2D eigenvalue weighted by atomic mass is 10.1. The van der Waals surface area contributed by atoms with Gasteiger partial charge in [-0.15, -0.1) is 0 Å². The molecule has 3 aromatic rings. The van der Waals surface area contributed by atoms with Crippen molar-refractivity contribution in [2.24, 2.45) is 0 Å². The van der Waals surface area contributed by atoms with E-state index in [2.05, 4.69) is 5.32 Å². The Hall–Kier alpha value is -3.29. The fourth-order valence-corrected chi connectivity index (χ4v) is 5.06. The number of carbonyl (C=O) groups is 1. The molecule has 1 aliphatic heterocycles. The molecule has 0 spiro atoms. The van der Waals surface area contributed by atoms with Gasteiger partial charge in [0.25, 0.3) is 10.0 Å². The Balaban J connectivity index is 1.70. The largest absolute Gasteiger partial charge is 0.494 e. The third kappa shape index (κ3) is 4.35. The van der Waals surface area contributed by atoms with Gasteiger partial charge in [0, 0.05) is 22.5 Å². The molecule has 0 radical (unpaired) electrons.